The molecule has 68 valence electrons. The maximum Gasteiger partial charge on any atom is 0.159 e. The quantitative estimate of drug-likeness (QED) is 0.453. The van der Waals surface area contributed by atoms with Crippen LogP contribution in [0, 0.1) is 5.92 Å². The normalized spacial score (nSPS) is 14.1. The Morgan fingerprint density at radius 1 is 1.58 bits per heavy atom. The standard InChI is InChI=1S/C11H18O/c1-5-9(3)7-8-11(6-2)10(4)12/h6,8-9H,2,5,7H2,1,3-4H3/b11-8+. The third-order valence-corrected chi connectivity index (χ3v) is 2.06. The fourth-order valence-corrected chi connectivity index (χ4v) is 0.866. The highest BCUT2D eigenvalue weighted by Crippen LogP contribution is 2.10. The van der Waals surface area contributed by atoms with E-state index in [4.69, 9.17) is 0 Å². The molecule has 12 heavy (non-hydrogen) atoms. The maximum absolute atomic E-state index is 10.9. The van der Waals surface area contributed by atoms with Gasteiger partial charge < -0.3 is 0 Å². The van der Waals surface area contributed by atoms with Crippen molar-refractivity contribution in [1.29, 1.82) is 0 Å². The minimum absolute atomic E-state index is 0.105. The second-order valence-corrected chi connectivity index (χ2v) is 3.17. The summed E-state index contributed by atoms with van der Waals surface area (Å²) in [5.41, 5.74) is 0.746. The molecule has 0 aliphatic heterocycles. The largest absolute Gasteiger partial charge is 0.295 e. The van der Waals surface area contributed by atoms with E-state index in [1.807, 2.05) is 6.08 Å². The lowest BCUT2D eigenvalue weighted by Crippen LogP contribution is -1.95. The highest BCUT2D eigenvalue weighted by atomic mass is 16.1. The van der Waals surface area contributed by atoms with Crippen molar-refractivity contribution in [3.05, 3.63) is 24.3 Å². The molecule has 0 aliphatic carbocycles. The first-order chi connectivity index (χ1) is 5.61. The van der Waals surface area contributed by atoms with Gasteiger partial charge in [0.25, 0.3) is 0 Å². The summed E-state index contributed by atoms with van der Waals surface area (Å²) in [6.07, 6.45) is 5.73. The van der Waals surface area contributed by atoms with Gasteiger partial charge in [0.15, 0.2) is 5.78 Å². The van der Waals surface area contributed by atoms with Gasteiger partial charge in [-0.2, -0.15) is 0 Å². The number of carbonyl (C=O) groups is 1. The molecule has 1 unspecified atom stereocenters. The highest BCUT2D eigenvalue weighted by Gasteiger charge is 2.00. The van der Waals surface area contributed by atoms with Crippen LogP contribution >= 0.6 is 0 Å². The lowest BCUT2D eigenvalue weighted by molar-refractivity contribution is -0.113. The molecule has 0 radical (unpaired) electrons. The number of hydrogen-bond donors (Lipinski definition) is 0. The Labute approximate surface area is 75.2 Å². The summed E-state index contributed by atoms with van der Waals surface area (Å²) in [5, 5.41) is 0. The van der Waals surface area contributed by atoms with Crippen molar-refractivity contribution >= 4 is 5.78 Å². The molecule has 1 atom stereocenters. The molecule has 0 aromatic carbocycles. The van der Waals surface area contributed by atoms with Crippen molar-refractivity contribution in [2.75, 3.05) is 0 Å². The van der Waals surface area contributed by atoms with Crippen LogP contribution in [0.4, 0.5) is 0 Å². The minimum Gasteiger partial charge on any atom is -0.295 e. The van der Waals surface area contributed by atoms with Gasteiger partial charge in [-0.15, -0.1) is 0 Å². The first-order valence-electron chi connectivity index (χ1n) is 4.45. The first-order valence-corrected chi connectivity index (χ1v) is 4.45. The smallest absolute Gasteiger partial charge is 0.159 e. The van der Waals surface area contributed by atoms with Crippen LogP contribution in [-0.2, 0) is 4.79 Å². The van der Waals surface area contributed by atoms with Gasteiger partial charge in [0.05, 0.1) is 0 Å². The van der Waals surface area contributed by atoms with E-state index in [0.29, 0.717) is 5.92 Å². The van der Waals surface area contributed by atoms with Crippen LogP contribution in [0.3, 0.4) is 0 Å². The SMILES string of the molecule is C=C/C(=C\CC(C)CC)C(C)=O. The molecule has 0 saturated carbocycles. The van der Waals surface area contributed by atoms with Gasteiger partial charge >= 0.3 is 0 Å². The predicted molar refractivity (Wildman–Crippen MR) is 53.0 cm³/mol. The summed E-state index contributed by atoms with van der Waals surface area (Å²) in [6, 6.07) is 0. The Morgan fingerprint density at radius 2 is 2.17 bits per heavy atom. The maximum atomic E-state index is 10.9. The lowest BCUT2D eigenvalue weighted by atomic mass is 10.0. The first kappa shape index (κ1) is 11.2. The number of carbonyl (C=O) groups excluding carboxylic acids is 1. The van der Waals surface area contributed by atoms with E-state index in [9.17, 15) is 4.79 Å². The third-order valence-electron chi connectivity index (χ3n) is 2.06. The zero-order chi connectivity index (χ0) is 9.56. The van der Waals surface area contributed by atoms with E-state index in [2.05, 4.69) is 20.4 Å². The van der Waals surface area contributed by atoms with Crippen LogP contribution in [0.1, 0.15) is 33.6 Å². The Hall–Kier alpha value is -0.850. The fourth-order valence-electron chi connectivity index (χ4n) is 0.866. The fraction of sp³-hybridized carbons (Fsp3) is 0.545. The van der Waals surface area contributed by atoms with Crippen molar-refractivity contribution in [3.63, 3.8) is 0 Å². The van der Waals surface area contributed by atoms with E-state index in [0.717, 1.165) is 18.4 Å². The summed E-state index contributed by atoms with van der Waals surface area (Å²) >= 11 is 0. The van der Waals surface area contributed by atoms with E-state index < -0.39 is 0 Å². The molecule has 1 heteroatoms. The Morgan fingerprint density at radius 3 is 2.50 bits per heavy atom. The lowest BCUT2D eigenvalue weighted by Gasteiger charge is -2.03. The van der Waals surface area contributed by atoms with Gasteiger partial charge in [-0.25, -0.2) is 0 Å². The summed E-state index contributed by atoms with van der Waals surface area (Å²) in [4.78, 5) is 10.9. The van der Waals surface area contributed by atoms with Crippen LogP contribution in [-0.4, -0.2) is 5.78 Å². The van der Waals surface area contributed by atoms with Crippen molar-refractivity contribution in [2.45, 2.75) is 33.6 Å². The molecular formula is C11H18O. The molecule has 0 saturated heterocycles. The molecule has 0 N–H and O–H groups in total. The van der Waals surface area contributed by atoms with Gasteiger partial charge in [0.1, 0.15) is 0 Å². The molecule has 0 bridgehead atoms. The number of rotatable bonds is 5. The van der Waals surface area contributed by atoms with Crippen LogP contribution in [0.15, 0.2) is 24.3 Å². The second kappa shape index (κ2) is 5.76. The number of ketones is 1. The third kappa shape index (κ3) is 4.12. The van der Waals surface area contributed by atoms with Crippen molar-refractivity contribution in [3.8, 4) is 0 Å². The molecule has 1 nitrogen and oxygen atoms in total. The van der Waals surface area contributed by atoms with E-state index in [-0.39, 0.29) is 5.78 Å². The van der Waals surface area contributed by atoms with Gasteiger partial charge in [-0.05, 0) is 19.3 Å². The van der Waals surface area contributed by atoms with Gasteiger partial charge in [-0.3, -0.25) is 4.79 Å². The van der Waals surface area contributed by atoms with Crippen molar-refractivity contribution < 1.29 is 4.79 Å². The van der Waals surface area contributed by atoms with Crippen molar-refractivity contribution in [2.24, 2.45) is 5.92 Å². The average Bonchev–Trinajstić information content (AvgIpc) is 2.04. The molecule has 0 aliphatic rings. The summed E-state index contributed by atoms with van der Waals surface area (Å²) < 4.78 is 0. The topological polar surface area (TPSA) is 17.1 Å². The summed E-state index contributed by atoms with van der Waals surface area (Å²) in [6.45, 7) is 9.50. The number of allylic oxidation sites excluding steroid dienone is 3. The molecule has 0 amide bonds. The summed E-state index contributed by atoms with van der Waals surface area (Å²) in [5.74, 6) is 0.757. The Bertz CT molecular complexity index is 189. The van der Waals surface area contributed by atoms with Crippen molar-refractivity contribution in [1.82, 2.24) is 0 Å². The molecule has 0 fully saturated rings. The molecule has 0 aromatic heterocycles. The van der Waals surface area contributed by atoms with E-state index in [1.54, 1.807) is 13.0 Å². The average molecular weight is 166 g/mol. The zero-order valence-corrected chi connectivity index (χ0v) is 8.26. The minimum atomic E-state index is 0.105. The van der Waals surface area contributed by atoms with E-state index in [1.165, 1.54) is 0 Å². The van der Waals surface area contributed by atoms with Gasteiger partial charge in [0.2, 0.25) is 0 Å². The monoisotopic (exact) mass is 166 g/mol. The molecule has 0 rings (SSSR count). The number of Topliss-reactive ketones (excluding diaryl/α,β-unsaturated/α-hetero) is 1. The van der Waals surface area contributed by atoms with Gasteiger partial charge in [0, 0.05) is 5.57 Å². The Kier molecular flexibility index (Phi) is 5.35. The zero-order valence-electron chi connectivity index (χ0n) is 8.26. The molecular weight excluding hydrogens is 148 g/mol. The van der Waals surface area contributed by atoms with E-state index >= 15 is 0 Å². The van der Waals surface area contributed by atoms with Crippen LogP contribution < -0.4 is 0 Å². The Balaban J connectivity index is 4.12. The van der Waals surface area contributed by atoms with Crippen LogP contribution in [0.25, 0.3) is 0 Å². The number of hydrogen-bond acceptors (Lipinski definition) is 1. The molecule has 0 aromatic rings. The highest BCUT2D eigenvalue weighted by molar-refractivity contribution is 5.95. The van der Waals surface area contributed by atoms with Gasteiger partial charge in [-0.1, -0.05) is 39.0 Å². The molecule has 0 heterocycles. The second-order valence-electron chi connectivity index (χ2n) is 3.17. The summed E-state index contributed by atoms with van der Waals surface area (Å²) in [7, 11) is 0. The molecule has 0 spiro atoms. The van der Waals surface area contributed by atoms with Crippen LogP contribution in [0.2, 0.25) is 0 Å². The predicted octanol–water partition coefficient (Wildman–Crippen LogP) is 3.12. The van der Waals surface area contributed by atoms with Crippen LogP contribution in [0.5, 0.6) is 0 Å².